The van der Waals surface area contributed by atoms with Crippen molar-refractivity contribution in [2.45, 2.75) is 31.5 Å². The standard InChI is InChI=1S/C27H21ClF3N7O2/c1-37-12-19(27(29,30)31)35-23(37)16-5-3-14(4-6-16)11-38-24-17(9-18(28)26(38)39)10-32-22(36-24)20-21(15-7-8-15)33-13-34-25(20)40-2/h3-6,9-10,12-13,15H,7-8,11H2,1-2H3. The van der Waals surface area contributed by atoms with Crippen molar-refractivity contribution in [3.8, 4) is 28.7 Å². The second-order valence-corrected chi connectivity index (χ2v) is 9.94. The van der Waals surface area contributed by atoms with E-state index in [4.69, 9.17) is 21.3 Å². The lowest BCUT2D eigenvalue weighted by atomic mass is 10.1. The number of ether oxygens (including phenoxy) is 1. The normalized spacial score (nSPS) is 13.7. The fourth-order valence-electron chi connectivity index (χ4n) is 4.62. The lowest BCUT2D eigenvalue weighted by Gasteiger charge is -2.14. The molecule has 4 heterocycles. The van der Waals surface area contributed by atoms with Gasteiger partial charge >= 0.3 is 6.18 Å². The molecule has 204 valence electrons. The van der Waals surface area contributed by atoms with Gasteiger partial charge in [-0.05, 0) is 24.5 Å². The third-order valence-electron chi connectivity index (χ3n) is 6.73. The summed E-state index contributed by atoms with van der Waals surface area (Å²) in [6.45, 7) is 0.110. The Kier molecular flexibility index (Phi) is 6.29. The summed E-state index contributed by atoms with van der Waals surface area (Å²) in [5.41, 5.74) is 1.54. The summed E-state index contributed by atoms with van der Waals surface area (Å²) in [7, 11) is 3.01. The first-order chi connectivity index (χ1) is 19.1. The highest BCUT2D eigenvalue weighted by Crippen LogP contribution is 2.44. The Labute approximate surface area is 230 Å². The summed E-state index contributed by atoms with van der Waals surface area (Å²) in [5.74, 6) is 1.11. The molecule has 1 aromatic carbocycles. The van der Waals surface area contributed by atoms with Crippen LogP contribution in [0.4, 0.5) is 13.2 Å². The van der Waals surface area contributed by atoms with Crippen LogP contribution in [0.1, 0.15) is 35.7 Å². The summed E-state index contributed by atoms with van der Waals surface area (Å²) in [5, 5.41) is 0.564. The predicted molar refractivity (Wildman–Crippen MR) is 141 cm³/mol. The Morgan fingerprint density at radius 3 is 2.50 bits per heavy atom. The van der Waals surface area contributed by atoms with Crippen LogP contribution in [-0.4, -0.2) is 41.2 Å². The first-order valence-corrected chi connectivity index (χ1v) is 12.7. The molecule has 1 fully saturated rings. The van der Waals surface area contributed by atoms with Crippen molar-refractivity contribution in [2.24, 2.45) is 7.05 Å². The quantitative estimate of drug-likeness (QED) is 0.276. The van der Waals surface area contributed by atoms with E-state index in [-0.39, 0.29) is 23.3 Å². The maximum Gasteiger partial charge on any atom is 0.434 e. The summed E-state index contributed by atoms with van der Waals surface area (Å²) >= 11 is 6.27. The molecule has 0 bridgehead atoms. The van der Waals surface area contributed by atoms with Crippen molar-refractivity contribution in [2.75, 3.05) is 7.11 Å². The maximum atomic E-state index is 13.2. The van der Waals surface area contributed by atoms with Gasteiger partial charge in [-0.2, -0.15) is 13.2 Å². The number of pyridine rings is 1. The predicted octanol–water partition coefficient (Wildman–Crippen LogP) is 5.26. The first kappa shape index (κ1) is 25.9. The monoisotopic (exact) mass is 567 g/mol. The number of aryl methyl sites for hydroxylation is 1. The number of halogens is 4. The number of alkyl halides is 3. The van der Waals surface area contributed by atoms with Gasteiger partial charge in [0, 0.05) is 36.3 Å². The van der Waals surface area contributed by atoms with Crippen LogP contribution in [0.15, 0.2) is 53.8 Å². The molecule has 0 N–H and O–H groups in total. The average molecular weight is 568 g/mol. The number of imidazole rings is 1. The highest BCUT2D eigenvalue weighted by atomic mass is 35.5. The van der Waals surface area contributed by atoms with Gasteiger partial charge < -0.3 is 9.30 Å². The molecule has 4 aromatic heterocycles. The zero-order chi connectivity index (χ0) is 28.2. The molecule has 1 aliphatic rings. The van der Waals surface area contributed by atoms with Crippen LogP contribution in [0.5, 0.6) is 5.88 Å². The number of nitrogens with zero attached hydrogens (tertiary/aromatic N) is 7. The van der Waals surface area contributed by atoms with E-state index in [1.807, 2.05) is 0 Å². The molecule has 1 aliphatic carbocycles. The van der Waals surface area contributed by atoms with Crippen LogP contribution >= 0.6 is 11.6 Å². The van der Waals surface area contributed by atoms with Crippen molar-refractivity contribution in [1.29, 1.82) is 0 Å². The molecule has 0 spiro atoms. The average Bonchev–Trinajstić information content (AvgIpc) is 3.71. The number of rotatable bonds is 6. The summed E-state index contributed by atoms with van der Waals surface area (Å²) < 4.78 is 47.6. The van der Waals surface area contributed by atoms with Crippen molar-refractivity contribution < 1.29 is 17.9 Å². The minimum atomic E-state index is -4.54. The number of aromatic nitrogens is 7. The number of hydrogen-bond donors (Lipinski definition) is 0. The topological polar surface area (TPSA) is 101 Å². The molecule has 0 amide bonds. The smallest absolute Gasteiger partial charge is 0.434 e. The maximum absolute atomic E-state index is 13.2. The van der Waals surface area contributed by atoms with Gasteiger partial charge in [-0.1, -0.05) is 35.9 Å². The van der Waals surface area contributed by atoms with Gasteiger partial charge in [0.15, 0.2) is 11.5 Å². The molecule has 13 heteroatoms. The van der Waals surface area contributed by atoms with Crippen molar-refractivity contribution in [1.82, 2.24) is 34.1 Å². The molecular formula is C27H21ClF3N7O2. The third kappa shape index (κ3) is 4.68. The van der Waals surface area contributed by atoms with Crippen LogP contribution in [0.2, 0.25) is 5.02 Å². The van der Waals surface area contributed by atoms with Crippen LogP contribution in [0, 0.1) is 0 Å². The fraction of sp³-hybridized carbons (Fsp3) is 0.259. The van der Waals surface area contributed by atoms with E-state index in [0.717, 1.165) is 24.7 Å². The van der Waals surface area contributed by atoms with E-state index in [2.05, 4.69) is 19.9 Å². The number of hydrogen-bond acceptors (Lipinski definition) is 7. The van der Waals surface area contributed by atoms with E-state index in [9.17, 15) is 18.0 Å². The lowest BCUT2D eigenvalue weighted by molar-refractivity contribution is -0.140. The molecule has 0 radical (unpaired) electrons. The van der Waals surface area contributed by atoms with Gasteiger partial charge in [0.25, 0.3) is 5.56 Å². The van der Waals surface area contributed by atoms with Gasteiger partial charge in [0.05, 0.1) is 19.3 Å². The second-order valence-electron chi connectivity index (χ2n) is 9.53. The van der Waals surface area contributed by atoms with E-state index < -0.39 is 17.4 Å². The molecule has 1 saturated carbocycles. The number of benzene rings is 1. The largest absolute Gasteiger partial charge is 0.480 e. The van der Waals surface area contributed by atoms with Crippen LogP contribution in [-0.2, 0) is 19.8 Å². The minimum Gasteiger partial charge on any atom is -0.480 e. The molecule has 0 unspecified atom stereocenters. The Morgan fingerprint density at radius 2 is 1.85 bits per heavy atom. The fourth-order valence-corrected chi connectivity index (χ4v) is 4.84. The minimum absolute atomic E-state index is 0.00690. The Balaban J connectivity index is 1.40. The molecule has 0 atom stereocenters. The molecular weight excluding hydrogens is 547 g/mol. The highest BCUT2D eigenvalue weighted by molar-refractivity contribution is 6.31. The highest BCUT2D eigenvalue weighted by Gasteiger charge is 2.34. The SMILES string of the molecule is COc1ncnc(C2CC2)c1-c1ncc2cc(Cl)c(=O)n(Cc3ccc(-c4nc(C(F)(F)F)cn4C)cc3)c2n1. The van der Waals surface area contributed by atoms with E-state index in [1.54, 1.807) is 30.5 Å². The lowest BCUT2D eigenvalue weighted by Crippen LogP contribution is -2.22. The molecule has 6 rings (SSSR count). The third-order valence-corrected chi connectivity index (χ3v) is 7.00. The molecule has 5 aromatic rings. The molecule has 0 saturated heterocycles. The van der Waals surface area contributed by atoms with Gasteiger partial charge in [-0.15, -0.1) is 0 Å². The first-order valence-electron chi connectivity index (χ1n) is 12.3. The van der Waals surface area contributed by atoms with Gasteiger partial charge in [-0.3, -0.25) is 9.36 Å². The number of methoxy groups -OCH3 is 1. The van der Waals surface area contributed by atoms with Crippen LogP contribution in [0.3, 0.4) is 0 Å². The van der Waals surface area contributed by atoms with Gasteiger partial charge in [0.2, 0.25) is 5.88 Å². The number of fused-ring (bicyclic) bond motifs is 1. The van der Waals surface area contributed by atoms with Crippen LogP contribution in [0.25, 0.3) is 33.8 Å². The van der Waals surface area contributed by atoms with Crippen molar-refractivity contribution in [3.05, 3.63) is 81.4 Å². The van der Waals surface area contributed by atoms with E-state index in [0.29, 0.717) is 39.4 Å². The second kappa shape index (κ2) is 9.70. The van der Waals surface area contributed by atoms with E-state index >= 15 is 0 Å². The summed E-state index contributed by atoms with van der Waals surface area (Å²) in [6, 6.07) is 8.27. The summed E-state index contributed by atoms with van der Waals surface area (Å²) in [6.07, 6.45) is 1.43. The van der Waals surface area contributed by atoms with Crippen LogP contribution < -0.4 is 10.3 Å². The molecule has 0 aliphatic heterocycles. The summed E-state index contributed by atoms with van der Waals surface area (Å²) in [4.78, 5) is 34.8. The van der Waals surface area contributed by atoms with Crippen molar-refractivity contribution >= 4 is 22.6 Å². The van der Waals surface area contributed by atoms with E-state index in [1.165, 1.54) is 35.7 Å². The van der Waals surface area contributed by atoms with Gasteiger partial charge in [0.1, 0.15) is 28.4 Å². The van der Waals surface area contributed by atoms with Gasteiger partial charge in [-0.25, -0.2) is 24.9 Å². The van der Waals surface area contributed by atoms with Crippen molar-refractivity contribution in [3.63, 3.8) is 0 Å². The Bertz CT molecular complexity index is 1810. The molecule has 9 nitrogen and oxygen atoms in total. The zero-order valence-corrected chi connectivity index (χ0v) is 22.0. The molecule has 40 heavy (non-hydrogen) atoms. The Morgan fingerprint density at radius 1 is 1.10 bits per heavy atom. The zero-order valence-electron chi connectivity index (χ0n) is 21.3. The Hall–Kier alpha value is -4.32.